The number of ether oxygens (including phenoxy) is 1. The van der Waals surface area contributed by atoms with Crippen LogP contribution >= 0.6 is 0 Å². The maximum atomic E-state index is 13.0. The molecule has 0 spiro atoms. The van der Waals surface area contributed by atoms with Crippen molar-refractivity contribution in [2.75, 3.05) is 25.4 Å². The zero-order valence-corrected chi connectivity index (χ0v) is 10.4. The van der Waals surface area contributed by atoms with Crippen molar-refractivity contribution in [3.05, 3.63) is 29.6 Å². The van der Waals surface area contributed by atoms with Crippen molar-refractivity contribution in [1.29, 1.82) is 0 Å². The Balaban J connectivity index is 2.19. The SMILES string of the molecule is CC1CN(C(=O)c2ccc(F)cc2N)CCCO1. The molecule has 1 aromatic rings. The highest BCUT2D eigenvalue weighted by Crippen LogP contribution is 2.17. The number of nitrogen functional groups attached to an aromatic ring is 1. The van der Waals surface area contributed by atoms with E-state index in [1.54, 1.807) is 4.90 Å². The molecule has 2 rings (SSSR count). The number of amides is 1. The predicted molar refractivity (Wildman–Crippen MR) is 66.7 cm³/mol. The molecular formula is C13H17FN2O2. The van der Waals surface area contributed by atoms with Gasteiger partial charge in [-0.1, -0.05) is 0 Å². The molecule has 1 aliphatic rings. The fourth-order valence-electron chi connectivity index (χ4n) is 2.08. The van der Waals surface area contributed by atoms with Crippen LogP contribution < -0.4 is 5.73 Å². The van der Waals surface area contributed by atoms with Gasteiger partial charge in [0.25, 0.3) is 5.91 Å². The molecule has 98 valence electrons. The molecule has 4 nitrogen and oxygen atoms in total. The number of hydrogen-bond acceptors (Lipinski definition) is 3. The summed E-state index contributed by atoms with van der Waals surface area (Å²) in [6, 6.07) is 3.86. The lowest BCUT2D eigenvalue weighted by Gasteiger charge is -2.22. The largest absolute Gasteiger partial charge is 0.398 e. The summed E-state index contributed by atoms with van der Waals surface area (Å²) >= 11 is 0. The van der Waals surface area contributed by atoms with Gasteiger partial charge in [0, 0.05) is 25.4 Å². The summed E-state index contributed by atoms with van der Waals surface area (Å²) in [5.74, 6) is -0.596. The second-order valence-corrected chi connectivity index (χ2v) is 4.52. The summed E-state index contributed by atoms with van der Waals surface area (Å²) in [4.78, 5) is 14.0. The minimum absolute atomic E-state index is 0.0122. The van der Waals surface area contributed by atoms with E-state index in [0.717, 1.165) is 6.42 Å². The Bertz CT molecular complexity index is 451. The number of carbonyl (C=O) groups is 1. The number of halogens is 1. The summed E-state index contributed by atoms with van der Waals surface area (Å²) in [6.07, 6.45) is 0.815. The van der Waals surface area contributed by atoms with Crippen LogP contribution in [0.1, 0.15) is 23.7 Å². The smallest absolute Gasteiger partial charge is 0.256 e. The molecule has 1 heterocycles. The molecule has 1 atom stereocenters. The lowest BCUT2D eigenvalue weighted by Crippen LogP contribution is -2.36. The second-order valence-electron chi connectivity index (χ2n) is 4.52. The molecule has 0 saturated carbocycles. The first-order valence-corrected chi connectivity index (χ1v) is 6.04. The van der Waals surface area contributed by atoms with Crippen LogP contribution in [0.5, 0.6) is 0 Å². The quantitative estimate of drug-likeness (QED) is 0.773. The maximum Gasteiger partial charge on any atom is 0.256 e. The number of benzene rings is 1. The highest BCUT2D eigenvalue weighted by Gasteiger charge is 2.22. The van der Waals surface area contributed by atoms with E-state index in [1.807, 2.05) is 6.92 Å². The molecule has 18 heavy (non-hydrogen) atoms. The fraction of sp³-hybridized carbons (Fsp3) is 0.462. The molecule has 0 aromatic heterocycles. The lowest BCUT2D eigenvalue weighted by molar-refractivity contribution is 0.0563. The predicted octanol–water partition coefficient (Wildman–Crippen LogP) is 1.66. The summed E-state index contributed by atoms with van der Waals surface area (Å²) in [7, 11) is 0. The van der Waals surface area contributed by atoms with Crippen LogP contribution in [0.15, 0.2) is 18.2 Å². The molecule has 0 bridgehead atoms. The molecule has 5 heteroatoms. The standard InChI is InChI=1S/C13H17FN2O2/c1-9-8-16(5-2-6-18-9)13(17)11-4-3-10(14)7-12(11)15/h3-4,7,9H,2,5-6,8,15H2,1H3. The first-order valence-electron chi connectivity index (χ1n) is 6.04. The first kappa shape index (κ1) is 12.8. The van der Waals surface area contributed by atoms with Crippen molar-refractivity contribution < 1.29 is 13.9 Å². The molecule has 0 aliphatic carbocycles. The van der Waals surface area contributed by atoms with E-state index in [1.165, 1.54) is 18.2 Å². The summed E-state index contributed by atoms with van der Waals surface area (Å²) in [5.41, 5.74) is 6.21. The van der Waals surface area contributed by atoms with E-state index >= 15 is 0 Å². The zero-order chi connectivity index (χ0) is 13.1. The molecule has 0 radical (unpaired) electrons. The van der Waals surface area contributed by atoms with Gasteiger partial charge in [-0.05, 0) is 31.5 Å². The summed E-state index contributed by atoms with van der Waals surface area (Å²) < 4.78 is 18.4. The van der Waals surface area contributed by atoms with E-state index in [0.29, 0.717) is 25.3 Å². The normalized spacial score (nSPS) is 20.6. The van der Waals surface area contributed by atoms with Crippen LogP contribution in [-0.2, 0) is 4.74 Å². The van der Waals surface area contributed by atoms with Gasteiger partial charge in [-0.2, -0.15) is 0 Å². The fourth-order valence-corrected chi connectivity index (χ4v) is 2.08. The van der Waals surface area contributed by atoms with Gasteiger partial charge in [-0.15, -0.1) is 0 Å². The van der Waals surface area contributed by atoms with Crippen molar-refractivity contribution in [2.24, 2.45) is 0 Å². The highest BCUT2D eigenvalue weighted by atomic mass is 19.1. The Labute approximate surface area is 106 Å². The van der Waals surface area contributed by atoms with Crippen LogP contribution in [0.3, 0.4) is 0 Å². The maximum absolute atomic E-state index is 13.0. The van der Waals surface area contributed by atoms with Crippen LogP contribution in [0.4, 0.5) is 10.1 Å². The van der Waals surface area contributed by atoms with Crippen LogP contribution in [-0.4, -0.2) is 36.6 Å². The van der Waals surface area contributed by atoms with E-state index < -0.39 is 5.82 Å². The second kappa shape index (κ2) is 5.35. The Morgan fingerprint density at radius 3 is 3.06 bits per heavy atom. The molecule has 1 fully saturated rings. The van der Waals surface area contributed by atoms with Gasteiger partial charge in [0.05, 0.1) is 11.7 Å². The van der Waals surface area contributed by atoms with Gasteiger partial charge < -0.3 is 15.4 Å². The van der Waals surface area contributed by atoms with Gasteiger partial charge in [0.2, 0.25) is 0 Å². The van der Waals surface area contributed by atoms with Crippen LogP contribution in [0, 0.1) is 5.82 Å². The van der Waals surface area contributed by atoms with Gasteiger partial charge in [0.15, 0.2) is 0 Å². The zero-order valence-electron chi connectivity index (χ0n) is 10.4. The molecule has 1 amide bonds. The molecule has 1 saturated heterocycles. The summed E-state index contributed by atoms with van der Waals surface area (Å²) in [6.45, 7) is 3.76. The van der Waals surface area contributed by atoms with E-state index in [4.69, 9.17) is 10.5 Å². The first-order chi connectivity index (χ1) is 8.58. The Kier molecular flexibility index (Phi) is 3.81. The molecule has 1 aliphatic heterocycles. The minimum atomic E-state index is -0.434. The van der Waals surface area contributed by atoms with Gasteiger partial charge in [0.1, 0.15) is 5.82 Å². The molecular weight excluding hydrogens is 235 g/mol. The van der Waals surface area contributed by atoms with Crippen LogP contribution in [0.2, 0.25) is 0 Å². The van der Waals surface area contributed by atoms with Gasteiger partial charge >= 0.3 is 0 Å². The minimum Gasteiger partial charge on any atom is -0.398 e. The number of carbonyl (C=O) groups excluding carboxylic acids is 1. The Morgan fingerprint density at radius 1 is 1.56 bits per heavy atom. The monoisotopic (exact) mass is 252 g/mol. The number of nitrogens with zero attached hydrogens (tertiary/aromatic N) is 1. The van der Waals surface area contributed by atoms with Crippen molar-refractivity contribution in [3.63, 3.8) is 0 Å². The Hall–Kier alpha value is -1.62. The Morgan fingerprint density at radius 2 is 2.33 bits per heavy atom. The number of rotatable bonds is 1. The van der Waals surface area contributed by atoms with Crippen LogP contribution in [0.25, 0.3) is 0 Å². The van der Waals surface area contributed by atoms with E-state index in [-0.39, 0.29) is 17.7 Å². The topological polar surface area (TPSA) is 55.6 Å². The van der Waals surface area contributed by atoms with Crippen molar-refractivity contribution >= 4 is 11.6 Å². The van der Waals surface area contributed by atoms with E-state index in [2.05, 4.69) is 0 Å². The molecule has 1 unspecified atom stereocenters. The van der Waals surface area contributed by atoms with E-state index in [9.17, 15) is 9.18 Å². The average Bonchev–Trinajstić information content (AvgIpc) is 2.53. The van der Waals surface area contributed by atoms with Gasteiger partial charge in [-0.3, -0.25) is 4.79 Å². The van der Waals surface area contributed by atoms with Crippen molar-refractivity contribution in [3.8, 4) is 0 Å². The van der Waals surface area contributed by atoms with Crippen molar-refractivity contribution in [2.45, 2.75) is 19.4 Å². The van der Waals surface area contributed by atoms with Crippen molar-refractivity contribution in [1.82, 2.24) is 4.90 Å². The third-order valence-electron chi connectivity index (χ3n) is 2.98. The lowest BCUT2D eigenvalue weighted by atomic mass is 10.1. The third kappa shape index (κ3) is 2.79. The molecule has 1 aromatic carbocycles. The molecule has 2 N–H and O–H groups in total. The number of nitrogens with two attached hydrogens (primary N) is 1. The highest BCUT2D eigenvalue weighted by molar-refractivity contribution is 5.99. The average molecular weight is 252 g/mol. The third-order valence-corrected chi connectivity index (χ3v) is 2.98. The summed E-state index contributed by atoms with van der Waals surface area (Å²) in [5, 5.41) is 0. The number of hydrogen-bond donors (Lipinski definition) is 1. The number of anilines is 1. The van der Waals surface area contributed by atoms with Gasteiger partial charge in [-0.25, -0.2) is 4.39 Å².